The van der Waals surface area contributed by atoms with Gasteiger partial charge in [-0.3, -0.25) is 4.79 Å². The lowest BCUT2D eigenvalue weighted by Crippen LogP contribution is -2.40. The zero-order valence-electron chi connectivity index (χ0n) is 16.7. The number of benzene rings is 1. The van der Waals surface area contributed by atoms with E-state index in [-0.39, 0.29) is 23.7 Å². The first kappa shape index (κ1) is 22.8. The van der Waals surface area contributed by atoms with Crippen molar-refractivity contribution in [3.05, 3.63) is 53.3 Å². The van der Waals surface area contributed by atoms with Crippen LogP contribution in [0.25, 0.3) is 0 Å². The van der Waals surface area contributed by atoms with Crippen LogP contribution in [0, 0.1) is 0 Å². The van der Waals surface area contributed by atoms with Crippen molar-refractivity contribution in [2.45, 2.75) is 50.4 Å². The van der Waals surface area contributed by atoms with Gasteiger partial charge in [0.2, 0.25) is 0 Å². The zero-order valence-corrected chi connectivity index (χ0v) is 16.7. The molecule has 1 amide bonds. The second-order valence-corrected chi connectivity index (χ2v) is 7.36. The third kappa shape index (κ3) is 6.05. The molecule has 5 nitrogen and oxygen atoms in total. The highest BCUT2D eigenvalue weighted by Gasteiger charge is 2.34. The van der Waals surface area contributed by atoms with E-state index in [1.807, 2.05) is 0 Å². The number of nitrogens with one attached hydrogen (secondary N) is 2. The Bertz CT molecular complexity index is 895. The number of rotatable bonds is 6. The van der Waals surface area contributed by atoms with Crippen LogP contribution >= 0.6 is 0 Å². The molecule has 0 unspecified atom stereocenters. The number of methoxy groups -OCH3 is 1. The first-order valence-electron chi connectivity index (χ1n) is 9.74. The summed E-state index contributed by atoms with van der Waals surface area (Å²) in [7, 11) is 1.53. The number of hydrogen-bond acceptors (Lipinski definition) is 4. The maximum absolute atomic E-state index is 13.0. The molecule has 0 saturated heterocycles. The highest BCUT2D eigenvalue weighted by molar-refractivity contribution is 5.94. The van der Waals surface area contributed by atoms with Crippen molar-refractivity contribution in [1.29, 1.82) is 0 Å². The van der Waals surface area contributed by atoms with Crippen LogP contribution < -0.4 is 15.4 Å². The number of aromatic nitrogens is 1. The largest absolute Gasteiger partial charge is 0.497 e. The minimum atomic E-state index is -4.81. The molecule has 0 bridgehead atoms. The van der Waals surface area contributed by atoms with Gasteiger partial charge < -0.3 is 15.4 Å². The normalized spacial score (nSPS) is 19.2. The number of anilines is 1. The van der Waals surface area contributed by atoms with Crippen LogP contribution in [0.3, 0.4) is 0 Å². The first-order chi connectivity index (χ1) is 14.7. The van der Waals surface area contributed by atoms with Gasteiger partial charge in [0, 0.05) is 23.3 Å². The van der Waals surface area contributed by atoms with Crippen LogP contribution in [0.4, 0.5) is 27.6 Å². The monoisotopic (exact) mass is 443 g/mol. The van der Waals surface area contributed by atoms with Crippen molar-refractivity contribution in [1.82, 2.24) is 10.3 Å². The number of hydrogen-bond donors (Lipinski definition) is 2. The van der Waals surface area contributed by atoms with E-state index in [0.29, 0.717) is 37.0 Å². The average molecular weight is 443 g/mol. The summed E-state index contributed by atoms with van der Waals surface area (Å²) in [6.45, 7) is 0. The standard InChI is InChI=1S/C21H22F5N3O2/c1-31-16-8-2-12(3-9-16)20(30)28-14-6-4-13(5-7-14)27-15-10-17(19(22)23)29-18(11-15)21(24,25)26/h2-3,8-11,13-14,19H,4-7H2,1H3,(H,27,29)(H,28,30)/t13-,14+. The SMILES string of the molecule is COc1ccc(C(=O)N[C@H]2CC[C@@H](Nc3cc(C(F)F)nc(C(F)(F)F)c3)CC2)cc1. The number of nitrogens with zero attached hydrogens (tertiary/aromatic N) is 1. The molecule has 2 aromatic rings. The van der Waals surface area contributed by atoms with Gasteiger partial charge in [0.05, 0.1) is 7.11 Å². The predicted octanol–water partition coefficient (Wildman–Crippen LogP) is 5.20. The van der Waals surface area contributed by atoms with Crippen molar-refractivity contribution in [3.63, 3.8) is 0 Å². The molecule has 1 aliphatic rings. The van der Waals surface area contributed by atoms with Crippen molar-refractivity contribution in [2.24, 2.45) is 0 Å². The molecule has 1 aliphatic carbocycles. The quantitative estimate of drug-likeness (QED) is 0.603. The Balaban J connectivity index is 1.57. The van der Waals surface area contributed by atoms with E-state index in [0.717, 1.165) is 12.1 Å². The highest BCUT2D eigenvalue weighted by atomic mass is 19.4. The lowest BCUT2D eigenvalue weighted by molar-refractivity contribution is -0.141. The van der Waals surface area contributed by atoms with Gasteiger partial charge in [0.25, 0.3) is 12.3 Å². The Labute approximate surface area is 176 Å². The van der Waals surface area contributed by atoms with Crippen LogP contribution in [-0.4, -0.2) is 30.1 Å². The molecule has 10 heteroatoms. The molecule has 3 rings (SSSR count). The Morgan fingerprint density at radius 1 is 1.06 bits per heavy atom. The molecular formula is C21H22F5N3O2. The summed E-state index contributed by atoms with van der Waals surface area (Å²) in [6.07, 6.45) is -5.56. The molecule has 1 heterocycles. The molecular weight excluding hydrogens is 421 g/mol. The molecule has 0 atom stereocenters. The first-order valence-corrected chi connectivity index (χ1v) is 9.74. The fraction of sp³-hybridized carbons (Fsp3) is 0.429. The van der Waals surface area contributed by atoms with E-state index >= 15 is 0 Å². The van der Waals surface area contributed by atoms with Gasteiger partial charge in [-0.15, -0.1) is 0 Å². The number of ether oxygens (including phenoxy) is 1. The topological polar surface area (TPSA) is 63.2 Å². The van der Waals surface area contributed by atoms with Crippen LogP contribution in [0.5, 0.6) is 5.75 Å². The molecule has 1 aromatic carbocycles. The maximum atomic E-state index is 13.0. The van der Waals surface area contributed by atoms with E-state index < -0.39 is 24.0 Å². The summed E-state index contributed by atoms with van der Waals surface area (Å²) < 4.78 is 69.8. The van der Waals surface area contributed by atoms with Gasteiger partial charge >= 0.3 is 6.18 Å². The minimum Gasteiger partial charge on any atom is -0.497 e. The van der Waals surface area contributed by atoms with E-state index in [2.05, 4.69) is 15.6 Å². The Kier molecular flexibility index (Phi) is 6.97. The summed E-state index contributed by atoms with van der Waals surface area (Å²) >= 11 is 0. The van der Waals surface area contributed by atoms with Gasteiger partial charge in [0.15, 0.2) is 0 Å². The number of carbonyl (C=O) groups is 1. The fourth-order valence-corrected chi connectivity index (χ4v) is 3.52. The molecule has 1 aromatic heterocycles. The van der Waals surface area contributed by atoms with Crippen molar-refractivity contribution >= 4 is 11.6 Å². The molecule has 0 spiro atoms. The van der Waals surface area contributed by atoms with E-state index in [1.165, 1.54) is 7.11 Å². The van der Waals surface area contributed by atoms with Crippen molar-refractivity contribution < 1.29 is 31.5 Å². The number of carbonyl (C=O) groups excluding carboxylic acids is 1. The number of pyridine rings is 1. The number of halogens is 5. The Morgan fingerprint density at radius 2 is 1.68 bits per heavy atom. The minimum absolute atomic E-state index is 0.0386. The lowest BCUT2D eigenvalue weighted by atomic mass is 9.90. The second-order valence-electron chi connectivity index (χ2n) is 7.36. The Hall–Kier alpha value is -2.91. The summed E-state index contributed by atoms with van der Waals surface area (Å²) in [5.41, 5.74) is -1.81. The Morgan fingerprint density at radius 3 is 2.23 bits per heavy atom. The molecule has 0 radical (unpaired) electrons. The summed E-state index contributed by atoms with van der Waals surface area (Å²) in [4.78, 5) is 15.4. The van der Waals surface area contributed by atoms with Gasteiger partial charge in [-0.05, 0) is 62.1 Å². The predicted molar refractivity (Wildman–Crippen MR) is 104 cm³/mol. The number of amides is 1. The van der Waals surface area contributed by atoms with Gasteiger partial charge in [0.1, 0.15) is 17.1 Å². The van der Waals surface area contributed by atoms with E-state index in [9.17, 15) is 26.7 Å². The lowest BCUT2D eigenvalue weighted by Gasteiger charge is -2.30. The van der Waals surface area contributed by atoms with Gasteiger partial charge in [-0.25, -0.2) is 13.8 Å². The van der Waals surface area contributed by atoms with E-state index in [4.69, 9.17) is 4.74 Å². The molecule has 1 saturated carbocycles. The smallest absolute Gasteiger partial charge is 0.433 e. The fourth-order valence-electron chi connectivity index (χ4n) is 3.52. The second kappa shape index (κ2) is 9.49. The van der Waals surface area contributed by atoms with Crippen LogP contribution in [-0.2, 0) is 6.18 Å². The van der Waals surface area contributed by atoms with Gasteiger partial charge in [-0.2, -0.15) is 13.2 Å². The molecule has 31 heavy (non-hydrogen) atoms. The molecule has 0 aliphatic heterocycles. The summed E-state index contributed by atoms with van der Waals surface area (Å²) in [6, 6.07) is 8.10. The third-order valence-corrected chi connectivity index (χ3v) is 5.14. The van der Waals surface area contributed by atoms with E-state index in [1.54, 1.807) is 24.3 Å². The molecule has 2 N–H and O–H groups in total. The van der Waals surface area contributed by atoms with Crippen molar-refractivity contribution in [2.75, 3.05) is 12.4 Å². The maximum Gasteiger partial charge on any atom is 0.433 e. The third-order valence-electron chi connectivity index (χ3n) is 5.14. The zero-order chi connectivity index (χ0) is 22.6. The average Bonchev–Trinajstić information content (AvgIpc) is 2.74. The van der Waals surface area contributed by atoms with Crippen LogP contribution in [0.15, 0.2) is 36.4 Å². The van der Waals surface area contributed by atoms with Crippen LogP contribution in [0.1, 0.15) is 53.9 Å². The van der Waals surface area contributed by atoms with Crippen molar-refractivity contribution in [3.8, 4) is 5.75 Å². The number of alkyl halides is 5. The summed E-state index contributed by atoms with van der Waals surface area (Å²) in [5.74, 6) is 0.424. The molecule has 1 fully saturated rings. The summed E-state index contributed by atoms with van der Waals surface area (Å²) in [5, 5.41) is 5.85. The molecule has 168 valence electrons. The van der Waals surface area contributed by atoms with Crippen LogP contribution in [0.2, 0.25) is 0 Å². The van der Waals surface area contributed by atoms with Gasteiger partial charge in [-0.1, -0.05) is 0 Å². The highest BCUT2D eigenvalue weighted by Crippen LogP contribution is 2.33.